The van der Waals surface area contributed by atoms with E-state index in [0.717, 1.165) is 12.8 Å². The fraction of sp³-hybridized carbons (Fsp3) is 0.188. The highest BCUT2D eigenvalue weighted by Gasteiger charge is 2.05. The Hall–Kier alpha value is -1.74. The first-order valence-corrected chi connectivity index (χ1v) is 7.63. The minimum atomic E-state index is 0.978. The Morgan fingerprint density at radius 3 is 2.79 bits per heavy atom. The van der Waals surface area contributed by atoms with Crippen LogP contribution in [0.15, 0.2) is 59.9 Å². The fourth-order valence-electron chi connectivity index (χ4n) is 2.28. The third kappa shape index (κ3) is 2.66. The van der Waals surface area contributed by atoms with Gasteiger partial charge in [0.05, 0.1) is 11.2 Å². The van der Waals surface area contributed by atoms with Crippen molar-refractivity contribution in [1.29, 1.82) is 0 Å². The molecule has 0 amide bonds. The summed E-state index contributed by atoms with van der Waals surface area (Å²) in [6, 6.07) is 12.8. The lowest BCUT2D eigenvalue weighted by Crippen LogP contribution is -1.97. The molecule has 0 atom stereocenters. The molecule has 0 spiro atoms. The largest absolute Gasteiger partial charge is 0.319 e. The molecular formula is C16H16N2S. The van der Waals surface area contributed by atoms with Crippen molar-refractivity contribution >= 4 is 17.3 Å². The van der Waals surface area contributed by atoms with Crippen LogP contribution in [-0.4, -0.2) is 15.6 Å². The average molecular weight is 268 g/mol. The number of aromatic nitrogens is 2. The highest BCUT2D eigenvalue weighted by molar-refractivity contribution is 7.98. The summed E-state index contributed by atoms with van der Waals surface area (Å²) < 4.78 is 2.17. The van der Waals surface area contributed by atoms with Gasteiger partial charge in [-0.25, -0.2) is 0 Å². The predicted octanol–water partition coefficient (Wildman–Crippen LogP) is 3.84. The number of benzene rings is 1. The summed E-state index contributed by atoms with van der Waals surface area (Å²) in [5, 5.41) is 0. The maximum Gasteiger partial charge on any atom is 0.0678 e. The van der Waals surface area contributed by atoms with Gasteiger partial charge in [0, 0.05) is 23.5 Å². The lowest BCUT2D eigenvalue weighted by Gasteiger charge is -2.03. The van der Waals surface area contributed by atoms with Crippen LogP contribution in [0.4, 0.5) is 0 Å². The van der Waals surface area contributed by atoms with Gasteiger partial charge in [0.2, 0.25) is 0 Å². The van der Waals surface area contributed by atoms with E-state index in [9.17, 15) is 0 Å². The van der Waals surface area contributed by atoms with Crippen LogP contribution in [0.3, 0.4) is 0 Å². The van der Waals surface area contributed by atoms with Gasteiger partial charge in [0.15, 0.2) is 0 Å². The molecule has 0 saturated carbocycles. The first kappa shape index (κ1) is 12.3. The topological polar surface area (TPSA) is 17.3 Å². The van der Waals surface area contributed by atoms with Crippen molar-refractivity contribution in [3.05, 3.63) is 66.2 Å². The van der Waals surface area contributed by atoms with E-state index in [1.165, 1.54) is 21.7 Å². The van der Waals surface area contributed by atoms with Gasteiger partial charge < -0.3 is 4.40 Å². The van der Waals surface area contributed by atoms with Crippen LogP contribution < -0.4 is 0 Å². The lowest BCUT2D eigenvalue weighted by molar-refractivity contribution is 0.907. The molecule has 0 radical (unpaired) electrons. The first-order valence-electron chi connectivity index (χ1n) is 6.40. The number of aryl methyl sites for hydroxylation is 2. The smallest absolute Gasteiger partial charge is 0.0678 e. The monoisotopic (exact) mass is 268 g/mol. The molecular weight excluding hydrogens is 252 g/mol. The van der Waals surface area contributed by atoms with Crippen LogP contribution >= 0.6 is 11.8 Å². The molecule has 0 N–H and O–H groups in total. The second kappa shape index (κ2) is 5.49. The van der Waals surface area contributed by atoms with Gasteiger partial charge in [-0.3, -0.25) is 4.98 Å². The standard InChI is InChI=1S/C16H16N2S/c1-19-14-11-16-15(17-9-10-18(16)12-14)8-7-13-5-3-2-4-6-13/h2-6,9-12H,7-8H2,1H3. The molecule has 0 unspecified atom stereocenters. The number of thioether (sulfide) groups is 1. The van der Waals surface area contributed by atoms with Crippen molar-refractivity contribution in [3.63, 3.8) is 0 Å². The zero-order chi connectivity index (χ0) is 13.1. The van der Waals surface area contributed by atoms with Crippen LogP contribution in [-0.2, 0) is 12.8 Å². The van der Waals surface area contributed by atoms with Gasteiger partial charge in [-0.15, -0.1) is 11.8 Å². The quantitative estimate of drug-likeness (QED) is 0.669. The Morgan fingerprint density at radius 1 is 1.16 bits per heavy atom. The number of fused-ring (bicyclic) bond motifs is 1. The summed E-state index contributed by atoms with van der Waals surface area (Å²) in [6.45, 7) is 0. The van der Waals surface area contributed by atoms with Gasteiger partial charge in [0.25, 0.3) is 0 Å². The molecule has 0 aliphatic carbocycles. The summed E-state index contributed by atoms with van der Waals surface area (Å²) in [7, 11) is 0. The van der Waals surface area contributed by atoms with Crippen molar-refractivity contribution < 1.29 is 0 Å². The Kier molecular flexibility index (Phi) is 3.56. The van der Waals surface area contributed by atoms with Crippen LogP contribution in [0.25, 0.3) is 5.52 Å². The molecule has 19 heavy (non-hydrogen) atoms. The molecule has 2 aromatic heterocycles. The maximum atomic E-state index is 4.54. The Balaban J connectivity index is 1.86. The molecule has 3 heteroatoms. The van der Waals surface area contributed by atoms with Crippen LogP contribution in [0, 0.1) is 0 Å². The third-order valence-electron chi connectivity index (χ3n) is 3.31. The summed E-state index contributed by atoms with van der Waals surface area (Å²) in [6.07, 6.45) is 10.2. The number of hydrogen-bond donors (Lipinski definition) is 0. The predicted molar refractivity (Wildman–Crippen MR) is 80.8 cm³/mol. The Labute approximate surface area is 117 Å². The maximum absolute atomic E-state index is 4.54. The number of hydrogen-bond acceptors (Lipinski definition) is 2. The van der Waals surface area contributed by atoms with Crippen molar-refractivity contribution in [2.75, 3.05) is 6.26 Å². The Morgan fingerprint density at radius 2 is 2.00 bits per heavy atom. The van der Waals surface area contributed by atoms with Gasteiger partial charge >= 0.3 is 0 Å². The highest BCUT2D eigenvalue weighted by Crippen LogP contribution is 2.21. The van der Waals surface area contributed by atoms with Crippen molar-refractivity contribution in [2.24, 2.45) is 0 Å². The first-order chi connectivity index (χ1) is 9.36. The molecule has 1 aromatic carbocycles. The van der Waals surface area contributed by atoms with E-state index in [-0.39, 0.29) is 0 Å². The summed E-state index contributed by atoms with van der Waals surface area (Å²) >= 11 is 1.77. The van der Waals surface area contributed by atoms with E-state index in [4.69, 9.17) is 0 Å². The van der Waals surface area contributed by atoms with E-state index in [1.54, 1.807) is 11.8 Å². The molecule has 3 rings (SSSR count). The molecule has 0 bridgehead atoms. The average Bonchev–Trinajstić information content (AvgIpc) is 2.90. The third-order valence-corrected chi connectivity index (χ3v) is 4.00. The summed E-state index contributed by atoms with van der Waals surface area (Å²) in [4.78, 5) is 5.83. The second-order valence-electron chi connectivity index (χ2n) is 4.53. The van der Waals surface area contributed by atoms with Gasteiger partial charge in [0.1, 0.15) is 0 Å². The number of nitrogens with zero attached hydrogens (tertiary/aromatic N) is 2. The van der Waals surface area contributed by atoms with Crippen molar-refractivity contribution in [3.8, 4) is 0 Å². The lowest BCUT2D eigenvalue weighted by atomic mass is 10.1. The zero-order valence-electron chi connectivity index (χ0n) is 10.9. The highest BCUT2D eigenvalue weighted by atomic mass is 32.2. The minimum Gasteiger partial charge on any atom is -0.319 e. The van der Waals surface area contributed by atoms with E-state index in [1.807, 2.05) is 12.4 Å². The van der Waals surface area contributed by atoms with Gasteiger partial charge in [-0.1, -0.05) is 30.3 Å². The Bertz CT molecular complexity index is 674. The van der Waals surface area contributed by atoms with Gasteiger partial charge in [-0.05, 0) is 30.7 Å². The van der Waals surface area contributed by atoms with E-state index in [0.29, 0.717) is 0 Å². The molecule has 0 fully saturated rings. The molecule has 3 aromatic rings. The second-order valence-corrected chi connectivity index (χ2v) is 5.41. The zero-order valence-corrected chi connectivity index (χ0v) is 11.7. The van der Waals surface area contributed by atoms with E-state index >= 15 is 0 Å². The minimum absolute atomic E-state index is 0.978. The van der Waals surface area contributed by atoms with E-state index in [2.05, 4.69) is 58.2 Å². The molecule has 2 heterocycles. The van der Waals surface area contributed by atoms with Crippen molar-refractivity contribution in [1.82, 2.24) is 9.38 Å². The normalized spacial score (nSPS) is 11.0. The molecule has 0 saturated heterocycles. The molecule has 2 nitrogen and oxygen atoms in total. The molecule has 0 aliphatic heterocycles. The number of rotatable bonds is 4. The summed E-state index contributed by atoms with van der Waals surface area (Å²) in [5.74, 6) is 0. The van der Waals surface area contributed by atoms with Crippen LogP contribution in [0.5, 0.6) is 0 Å². The summed E-state index contributed by atoms with van der Waals surface area (Å²) in [5.41, 5.74) is 3.76. The van der Waals surface area contributed by atoms with E-state index < -0.39 is 0 Å². The van der Waals surface area contributed by atoms with Gasteiger partial charge in [-0.2, -0.15) is 0 Å². The van der Waals surface area contributed by atoms with Crippen molar-refractivity contribution in [2.45, 2.75) is 17.7 Å². The van der Waals surface area contributed by atoms with Crippen LogP contribution in [0.1, 0.15) is 11.3 Å². The molecule has 0 aliphatic rings. The fourth-order valence-corrected chi connectivity index (χ4v) is 2.73. The van der Waals surface area contributed by atoms with Crippen LogP contribution in [0.2, 0.25) is 0 Å². The molecule has 96 valence electrons. The SMILES string of the molecule is CSc1cc2c(CCc3ccccc3)nccn2c1.